The lowest BCUT2D eigenvalue weighted by Gasteiger charge is -2.41. The third kappa shape index (κ3) is 3.04. The van der Waals surface area contributed by atoms with E-state index in [0.29, 0.717) is 19.1 Å². The summed E-state index contributed by atoms with van der Waals surface area (Å²) in [5.74, 6) is 1.39. The maximum Gasteiger partial charge on any atom is 0.234 e. The minimum absolute atomic E-state index is 0.344. The van der Waals surface area contributed by atoms with Gasteiger partial charge in [-0.25, -0.2) is 0 Å². The summed E-state index contributed by atoms with van der Waals surface area (Å²) in [6.07, 6.45) is 3.42. The lowest BCUT2D eigenvalue weighted by molar-refractivity contribution is -0.0468. The molecule has 1 aromatic heterocycles. The number of hydrogen-bond donors (Lipinski definition) is 0. The van der Waals surface area contributed by atoms with Crippen LogP contribution < -0.4 is 9.64 Å². The van der Waals surface area contributed by atoms with Crippen molar-refractivity contribution >= 4 is 5.82 Å². The first-order valence-corrected chi connectivity index (χ1v) is 7.60. The molecule has 1 atom stereocenters. The fourth-order valence-corrected chi connectivity index (χ4v) is 2.74. The molecule has 5 nitrogen and oxygen atoms in total. The van der Waals surface area contributed by atoms with E-state index in [1.807, 2.05) is 25.1 Å². The quantitative estimate of drug-likeness (QED) is 0.868. The van der Waals surface area contributed by atoms with Crippen molar-refractivity contribution < 1.29 is 9.47 Å². The monoisotopic (exact) mass is 299 g/mol. The van der Waals surface area contributed by atoms with Gasteiger partial charge < -0.3 is 14.4 Å². The fraction of sp³-hybridized carbons (Fsp3) is 0.412. The summed E-state index contributed by atoms with van der Waals surface area (Å²) in [5.41, 5.74) is 0.830. The Balaban J connectivity index is 1.82. The van der Waals surface area contributed by atoms with E-state index in [1.165, 1.54) is 5.56 Å². The first-order valence-electron chi connectivity index (χ1n) is 7.60. The Kier molecular flexibility index (Phi) is 4.24. The number of rotatable bonds is 4. The van der Waals surface area contributed by atoms with E-state index < -0.39 is 0 Å². The zero-order valence-corrected chi connectivity index (χ0v) is 13.0. The van der Waals surface area contributed by atoms with Gasteiger partial charge in [-0.2, -0.15) is 4.98 Å². The van der Waals surface area contributed by atoms with Gasteiger partial charge >= 0.3 is 0 Å². The maximum absolute atomic E-state index is 6.06. The average molecular weight is 299 g/mol. The number of hydrogen-bond acceptors (Lipinski definition) is 5. The van der Waals surface area contributed by atoms with E-state index in [9.17, 15) is 0 Å². The standard InChI is InChI=1S/C17H21N3O2/c1-3-21-16-12-18-11-15(19-16)20-9-10-22-17(2,13-20)14-7-5-4-6-8-14/h4-8,11-12H,3,9-10,13H2,1-2H3. The highest BCUT2D eigenvalue weighted by molar-refractivity contribution is 5.40. The van der Waals surface area contributed by atoms with Crippen molar-refractivity contribution in [1.29, 1.82) is 0 Å². The number of aromatic nitrogens is 2. The third-order valence-electron chi connectivity index (χ3n) is 3.87. The van der Waals surface area contributed by atoms with E-state index in [-0.39, 0.29) is 5.60 Å². The second kappa shape index (κ2) is 6.32. The normalized spacial score (nSPS) is 21.6. The van der Waals surface area contributed by atoms with Crippen molar-refractivity contribution in [2.45, 2.75) is 19.4 Å². The first-order chi connectivity index (χ1) is 10.7. The molecule has 1 aromatic carbocycles. The zero-order valence-electron chi connectivity index (χ0n) is 13.0. The minimum atomic E-state index is -0.344. The number of nitrogens with zero attached hydrogens (tertiary/aromatic N) is 3. The minimum Gasteiger partial charge on any atom is -0.477 e. The molecule has 5 heteroatoms. The van der Waals surface area contributed by atoms with Crippen LogP contribution >= 0.6 is 0 Å². The van der Waals surface area contributed by atoms with Crippen molar-refractivity contribution in [2.24, 2.45) is 0 Å². The van der Waals surface area contributed by atoms with Crippen LogP contribution in [0.25, 0.3) is 0 Å². The summed E-state index contributed by atoms with van der Waals surface area (Å²) in [4.78, 5) is 11.0. The highest BCUT2D eigenvalue weighted by Gasteiger charge is 2.34. The smallest absolute Gasteiger partial charge is 0.234 e. The molecule has 0 amide bonds. The van der Waals surface area contributed by atoms with E-state index in [2.05, 4.69) is 33.9 Å². The molecule has 2 aromatic rings. The van der Waals surface area contributed by atoms with Crippen LogP contribution in [-0.2, 0) is 10.3 Å². The number of ether oxygens (including phenoxy) is 2. The SMILES string of the molecule is CCOc1cncc(N2CCOC(C)(c3ccccc3)C2)n1. The van der Waals surface area contributed by atoms with Gasteiger partial charge in [0.05, 0.1) is 32.2 Å². The average Bonchev–Trinajstić information content (AvgIpc) is 2.56. The van der Waals surface area contributed by atoms with Crippen molar-refractivity contribution in [2.75, 3.05) is 31.2 Å². The predicted molar refractivity (Wildman–Crippen MR) is 85.2 cm³/mol. The van der Waals surface area contributed by atoms with Gasteiger partial charge in [0.15, 0.2) is 5.82 Å². The van der Waals surface area contributed by atoms with Crippen LogP contribution in [0.3, 0.4) is 0 Å². The topological polar surface area (TPSA) is 47.5 Å². The second-order valence-corrected chi connectivity index (χ2v) is 5.52. The molecule has 0 bridgehead atoms. The Morgan fingerprint density at radius 2 is 2.09 bits per heavy atom. The largest absolute Gasteiger partial charge is 0.477 e. The Morgan fingerprint density at radius 1 is 1.27 bits per heavy atom. The Morgan fingerprint density at radius 3 is 2.86 bits per heavy atom. The lowest BCUT2D eigenvalue weighted by Crippen LogP contribution is -2.48. The van der Waals surface area contributed by atoms with E-state index in [1.54, 1.807) is 12.4 Å². The molecule has 0 aliphatic carbocycles. The lowest BCUT2D eigenvalue weighted by atomic mass is 9.94. The Hall–Kier alpha value is -2.14. The molecule has 1 fully saturated rings. The van der Waals surface area contributed by atoms with Gasteiger partial charge in [-0.05, 0) is 19.4 Å². The molecule has 1 aliphatic rings. The molecule has 0 radical (unpaired) electrons. The summed E-state index contributed by atoms with van der Waals surface area (Å²) in [6, 6.07) is 10.3. The highest BCUT2D eigenvalue weighted by atomic mass is 16.5. The summed E-state index contributed by atoms with van der Waals surface area (Å²) >= 11 is 0. The van der Waals surface area contributed by atoms with Crippen LogP contribution in [0.4, 0.5) is 5.82 Å². The molecule has 0 spiro atoms. The van der Waals surface area contributed by atoms with E-state index in [0.717, 1.165) is 18.9 Å². The van der Waals surface area contributed by atoms with Crippen LogP contribution in [0.5, 0.6) is 5.88 Å². The summed E-state index contributed by atoms with van der Waals surface area (Å²) < 4.78 is 11.5. The van der Waals surface area contributed by atoms with Gasteiger partial charge in [0.2, 0.25) is 5.88 Å². The predicted octanol–water partition coefficient (Wildman–Crippen LogP) is 2.63. The molecule has 1 unspecified atom stereocenters. The highest BCUT2D eigenvalue weighted by Crippen LogP contribution is 2.31. The van der Waals surface area contributed by atoms with Crippen LogP contribution in [0.2, 0.25) is 0 Å². The van der Waals surface area contributed by atoms with Gasteiger partial charge in [-0.1, -0.05) is 30.3 Å². The number of morpholine rings is 1. The number of anilines is 1. The zero-order chi connectivity index (χ0) is 15.4. The molecule has 0 N–H and O–H groups in total. The molecular formula is C17H21N3O2. The molecule has 3 rings (SSSR count). The molecule has 1 aliphatic heterocycles. The van der Waals surface area contributed by atoms with Gasteiger partial charge in [0, 0.05) is 6.54 Å². The molecule has 22 heavy (non-hydrogen) atoms. The van der Waals surface area contributed by atoms with Crippen LogP contribution in [-0.4, -0.2) is 36.3 Å². The van der Waals surface area contributed by atoms with Gasteiger partial charge in [0.25, 0.3) is 0 Å². The van der Waals surface area contributed by atoms with Crippen LogP contribution in [0, 0.1) is 0 Å². The van der Waals surface area contributed by atoms with Gasteiger partial charge in [0.1, 0.15) is 5.60 Å². The van der Waals surface area contributed by atoms with Crippen molar-refractivity contribution in [1.82, 2.24) is 9.97 Å². The summed E-state index contributed by atoms with van der Waals surface area (Å²) in [7, 11) is 0. The molecule has 2 heterocycles. The van der Waals surface area contributed by atoms with Crippen LogP contribution in [0.1, 0.15) is 19.4 Å². The molecule has 1 saturated heterocycles. The van der Waals surface area contributed by atoms with Crippen LogP contribution in [0.15, 0.2) is 42.7 Å². The molecule has 0 saturated carbocycles. The van der Waals surface area contributed by atoms with Gasteiger partial charge in [-0.15, -0.1) is 0 Å². The fourth-order valence-electron chi connectivity index (χ4n) is 2.74. The number of benzene rings is 1. The summed E-state index contributed by atoms with van der Waals surface area (Å²) in [5, 5.41) is 0. The van der Waals surface area contributed by atoms with Crippen molar-refractivity contribution in [3.63, 3.8) is 0 Å². The summed E-state index contributed by atoms with van der Waals surface area (Å²) in [6.45, 7) is 6.84. The Bertz CT molecular complexity index is 620. The second-order valence-electron chi connectivity index (χ2n) is 5.52. The van der Waals surface area contributed by atoms with Crippen molar-refractivity contribution in [3.8, 4) is 5.88 Å². The van der Waals surface area contributed by atoms with Gasteiger partial charge in [-0.3, -0.25) is 4.98 Å². The first kappa shape index (κ1) is 14.8. The van der Waals surface area contributed by atoms with E-state index >= 15 is 0 Å². The van der Waals surface area contributed by atoms with Crippen molar-refractivity contribution in [3.05, 3.63) is 48.3 Å². The Labute approximate surface area is 130 Å². The maximum atomic E-state index is 6.06. The molecular weight excluding hydrogens is 278 g/mol. The van der Waals surface area contributed by atoms with E-state index in [4.69, 9.17) is 9.47 Å². The third-order valence-corrected chi connectivity index (χ3v) is 3.87. The molecule has 116 valence electrons.